The second-order valence-electron chi connectivity index (χ2n) is 3.67. The molecule has 0 bridgehead atoms. The molecule has 0 unspecified atom stereocenters. The first-order valence-corrected chi connectivity index (χ1v) is 6.16. The fraction of sp³-hybridized carbons (Fsp3) is 0.200. The molecule has 1 aromatic heterocycles. The number of hydrogen-bond acceptors (Lipinski definition) is 4. The summed E-state index contributed by atoms with van der Waals surface area (Å²) in [6.45, 7) is 0. The average Bonchev–Trinajstić information content (AvgIpc) is 2.73. The lowest BCUT2D eigenvalue weighted by atomic mass is 10.1. The predicted octanol–water partition coefficient (Wildman–Crippen LogP) is 2.56. The summed E-state index contributed by atoms with van der Waals surface area (Å²) in [5, 5.41) is 18.8. The maximum Gasteiger partial charge on any atom is 0.283 e. The molecule has 19 heavy (non-hydrogen) atoms. The largest absolute Gasteiger partial charge is 0.313 e. The van der Waals surface area contributed by atoms with Gasteiger partial charge in [0.05, 0.1) is 16.3 Å². The minimum Gasteiger partial charge on any atom is -0.313 e. The first-order valence-electron chi connectivity index (χ1n) is 5.03. The molecule has 0 aliphatic heterocycles. The van der Waals surface area contributed by atoms with Crippen molar-refractivity contribution in [3.63, 3.8) is 0 Å². The van der Waals surface area contributed by atoms with Crippen LogP contribution >= 0.6 is 15.9 Å². The Morgan fingerprint density at radius 1 is 1.37 bits per heavy atom. The van der Waals surface area contributed by atoms with E-state index in [1.165, 1.54) is 4.57 Å². The smallest absolute Gasteiger partial charge is 0.283 e. The third-order valence-corrected chi connectivity index (χ3v) is 3.06. The Labute approximate surface area is 114 Å². The van der Waals surface area contributed by atoms with Gasteiger partial charge in [0, 0.05) is 7.05 Å². The summed E-state index contributed by atoms with van der Waals surface area (Å²) in [6, 6.07) is 1.28. The van der Waals surface area contributed by atoms with Crippen LogP contribution in [0, 0.1) is 21.7 Å². The van der Waals surface area contributed by atoms with Crippen LogP contribution in [-0.2, 0) is 12.4 Å². The number of alkyl halides is 1. The van der Waals surface area contributed by atoms with Crippen LogP contribution in [-0.4, -0.2) is 19.7 Å². The molecule has 0 fully saturated rings. The highest BCUT2D eigenvalue weighted by molar-refractivity contribution is 9.08. The van der Waals surface area contributed by atoms with E-state index in [1.54, 1.807) is 7.05 Å². The zero-order chi connectivity index (χ0) is 14.2. The maximum atomic E-state index is 13.3. The van der Waals surface area contributed by atoms with Crippen molar-refractivity contribution in [3.05, 3.63) is 39.7 Å². The van der Waals surface area contributed by atoms with Gasteiger partial charge in [0.15, 0.2) is 17.5 Å². The van der Waals surface area contributed by atoms with Crippen LogP contribution < -0.4 is 0 Å². The van der Waals surface area contributed by atoms with Crippen molar-refractivity contribution in [3.8, 4) is 11.4 Å². The fourth-order valence-electron chi connectivity index (χ4n) is 1.58. The lowest BCUT2D eigenvalue weighted by Crippen LogP contribution is -2.01. The van der Waals surface area contributed by atoms with E-state index in [0.717, 1.165) is 6.07 Å². The van der Waals surface area contributed by atoms with Gasteiger partial charge >= 0.3 is 0 Å². The molecule has 2 aromatic rings. The number of nitro groups is 1. The molecule has 1 aromatic carbocycles. The van der Waals surface area contributed by atoms with E-state index in [9.17, 15) is 18.9 Å². The molecule has 0 amide bonds. The van der Waals surface area contributed by atoms with Gasteiger partial charge in [0.1, 0.15) is 11.4 Å². The predicted molar refractivity (Wildman–Crippen MR) is 65.6 cm³/mol. The summed E-state index contributed by atoms with van der Waals surface area (Å²) < 4.78 is 27.8. The van der Waals surface area contributed by atoms with Crippen LogP contribution in [0.25, 0.3) is 11.4 Å². The van der Waals surface area contributed by atoms with Crippen molar-refractivity contribution in [2.24, 2.45) is 7.05 Å². The summed E-state index contributed by atoms with van der Waals surface area (Å²) in [4.78, 5) is 10.1. The first kappa shape index (κ1) is 13.5. The number of nitro benzene ring substituents is 1. The Morgan fingerprint density at radius 3 is 2.53 bits per heavy atom. The molecule has 6 nitrogen and oxygen atoms in total. The third kappa shape index (κ3) is 2.33. The van der Waals surface area contributed by atoms with Crippen molar-refractivity contribution in [1.29, 1.82) is 0 Å². The molecule has 9 heteroatoms. The van der Waals surface area contributed by atoms with E-state index in [4.69, 9.17) is 0 Å². The quantitative estimate of drug-likeness (QED) is 0.492. The normalized spacial score (nSPS) is 10.7. The van der Waals surface area contributed by atoms with Gasteiger partial charge in [0.25, 0.3) is 5.69 Å². The summed E-state index contributed by atoms with van der Waals surface area (Å²) in [7, 11) is 1.58. The molecule has 0 saturated heterocycles. The number of rotatable bonds is 3. The molecule has 0 atom stereocenters. The van der Waals surface area contributed by atoms with E-state index >= 15 is 0 Å². The standard InChI is InChI=1S/C10H7BrF2N4O2/c1-16-9(4-11)14-15-10(16)5-2-6(12)7(13)3-8(5)17(18)19/h2-3H,4H2,1H3. The van der Waals surface area contributed by atoms with Gasteiger partial charge in [-0.3, -0.25) is 10.1 Å². The Hall–Kier alpha value is -1.90. The second-order valence-corrected chi connectivity index (χ2v) is 4.23. The Morgan fingerprint density at radius 2 is 2.00 bits per heavy atom. The fourth-order valence-corrected chi connectivity index (χ4v) is 2.07. The van der Waals surface area contributed by atoms with Gasteiger partial charge < -0.3 is 4.57 Å². The van der Waals surface area contributed by atoms with Gasteiger partial charge in [-0.05, 0) is 6.07 Å². The van der Waals surface area contributed by atoms with Crippen LogP contribution in [0.2, 0.25) is 0 Å². The average molecular weight is 333 g/mol. The summed E-state index contributed by atoms with van der Waals surface area (Å²) >= 11 is 3.18. The zero-order valence-corrected chi connectivity index (χ0v) is 11.2. The summed E-state index contributed by atoms with van der Waals surface area (Å²) in [6.07, 6.45) is 0. The Kier molecular flexibility index (Phi) is 3.56. The first-order chi connectivity index (χ1) is 8.95. The van der Waals surface area contributed by atoms with Crippen LogP contribution in [0.5, 0.6) is 0 Å². The molecule has 2 rings (SSSR count). The van der Waals surface area contributed by atoms with Gasteiger partial charge in [-0.15, -0.1) is 10.2 Å². The van der Waals surface area contributed by atoms with Gasteiger partial charge in [0.2, 0.25) is 0 Å². The minimum absolute atomic E-state index is 0.0973. The van der Waals surface area contributed by atoms with Crippen molar-refractivity contribution >= 4 is 21.6 Å². The molecule has 0 spiro atoms. The number of benzene rings is 1. The molecule has 0 saturated carbocycles. The molecule has 0 N–H and O–H groups in total. The van der Waals surface area contributed by atoms with Gasteiger partial charge in [-0.25, -0.2) is 8.78 Å². The SMILES string of the molecule is Cn1c(CBr)nnc1-c1cc(F)c(F)cc1[N+](=O)[O-]. The number of aromatic nitrogens is 3. The van der Waals surface area contributed by atoms with Crippen molar-refractivity contribution in [2.75, 3.05) is 0 Å². The molecule has 100 valence electrons. The van der Waals surface area contributed by atoms with Gasteiger partial charge in [-0.2, -0.15) is 0 Å². The molecule has 1 heterocycles. The van der Waals surface area contributed by atoms with Crippen molar-refractivity contribution in [2.45, 2.75) is 5.33 Å². The zero-order valence-electron chi connectivity index (χ0n) is 9.60. The van der Waals surface area contributed by atoms with Crippen LogP contribution in [0.15, 0.2) is 12.1 Å². The lowest BCUT2D eigenvalue weighted by Gasteiger charge is -2.04. The summed E-state index contributed by atoms with van der Waals surface area (Å²) in [5.41, 5.74) is -0.679. The summed E-state index contributed by atoms with van der Waals surface area (Å²) in [5.74, 6) is -1.85. The van der Waals surface area contributed by atoms with Crippen LogP contribution in [0.4, 0.5) is 14.5 Å². The number of hydrogen-bond donors (Lipinski definition) is 0. The van der Waals surface area contributed by atoms with E-state index in [1.807, 2.05) is 0 Å². The van der Waals surface area contributed by atoms with Crippen molar-refractivity contribution < 1.29 is 13.7 Å². The van der Waals surface area contributed by atoms with Crippen LogP contribution in [0.3, 0.4) is 0 Å². The second kappa shape index (κ2) is 5.00. The van der Waals surface area contributed by atoms with Gasteiger partial charge in [-0.1, -0.05) is 15.9 Å². The van der Waals surface area contributed by atoms with E-state index in [0.29, 0.717) is 17.2 Å². The van der Waals surface area contributed by atoms with Crippen molar-refractivity contribution in [1.82, 2.24) is 14.8 Å². The Bertz CT molecular complexity index is 659. The monoisotopic (exact) mass is 332 g/mol. The van der Waals surface area contributed by atoms with E-state index < -0.39 is 22.2 Å². The number of nitrogens with zero attached hydrogens (tertiary/aromatic N) is 4. The minimum atomic E-state index is -1.28. The molecule has 0 radical (unpaired) electrons. The Balaban J connectivity index is 2.70. The molecule has 0 aliphatic carbocycles. The molecular weight excluding hydrogens is 326 g/mol. The highest BCUT2D eigenvalue weighted by Gasteiger charge is 2.24. The maximum absolute atomic E-state index is 13.3. The number of halogens is 3. The molecular formula is C10H7BrF2N4O2. The van der Waals surface area contributed by atoms with E-state index in [2.05, 4.69) is 26.1 Å². The van der Waals surface area contributed by atoms with E-state index in [-0.39, 0.29) is 11.4 Å². The third-order valence-electron chi connectivity index (χ3n) is 2.56. The highest BCUT2D eigenvalue weighted by Crippen LogP contribution is 2.30. The topological polar surface area (TPSA) is 73.8 Å². The van der Waals surface area contributed by atoms with Crippen LogP contribution in [0.1, 0.15) is 5.82 Å². The lowest BCUT2D eigenvalue weighted by molar-refractivity contribution is -0.384. The highest BCUT2D eigenvalue weighted by atomic mass is 79.9. The molecule has 0 aliphatic rings.